The molecule has 0 N–H and O–H groups in total. The van der Waals surface area contributed by atoms with E-state index in [4.69, 9.17) is 13.3 Å². The smallest absolute Gasteiger partial charge is 0.377 e. The first-order valence-electron chi connectivity index (χ1n) is 5.37. The lowest BCUT2D eigenvalue weighted by molar-refractivity contribution is -0.385. The van der Waals surface area contributed by atoms with Crippen molar-refractivity contribution in [3.05, 3.63) is 39.4 Å². The van der Waals surface area contributed by atoms with Crippen LogP contribution in [0.1, 0.15) is 11.1 Å². The van der Waals surface area contributed by atoms with E-state index in [2.05, 4.69) is 0 Å². The SMILES string of the molecule is CO[Si](Cc1cc(C)ccc1[N+](=O)[O-])(OC)OC. The largest absolute Gasteiger partial charge is 0.505 e. The second-order valence-electron chi connectivity index (χ2n) is 3.86. The molecule has 0 radical (unpaired) electrons. The summed E-state index contributed by atoms with van der Waals surface area (Å²) in [5.41, 5.74) is 1.57. The molecular weight excluding hydrogens is 254 g/mol. The van der Waals surface area contributed by atoms with Crippen LogP contribution in [0, 0.1) is 17.0 Å². The molecule has 1 aromatic rings. The number of nitro groups is 1. The molecule has 100 valence electrons. The third kappa shape index (κ3) is 3.14. The van der Waals surface area contributed by atoms with E-state index in [-0.39, 0.29) is 11.7 Å². The first kappa shape index (κ1) is 14.8. The Bertz CT molecular complexity index is 425. The molecule has 18 heavy (non-hydrogen) atoms. The molecule has 0 bridgehead atoms. The highest BCUT2D eigenvalue weighted by atomic mass is 28.4. The van der Waals surface area contributed by atoms with E-state index in [0.29, 0.717) is 5.56 Å². The zero-order valence-corrected chi connectivity index (χ0v) is 11.9. The van der Waals surface area contributed by atoms with E-state index in [1.165, 1.54) is 27.4 Å². The van der Waals surface area contributed by atoms with Gasteiger partial charge in [0, 0.05) is 39.0 Å². The fourth-order valence-corrected chi connectivity index (χ4v) is 3.42. The van der Waals surface area contributed by atoms with Crippen LogP contribution in [-0.2, 0) is 19.3 Å². The first-order chi connectivity index (χ1) is 8.48. The molecule has 0 heterocycles. The van der Waals surface area contributed by atoms with Gasteiger partial charge in [-0.1, -0.05) is 11.6 Å². The van der Waals surface area contributed by atoms with Crippen LogP contribution in [0.3, 0.4) is 0 Å². The Morgan fingerprint density at radius 3 is 2.22 bits per heavy atom. The van der Waals surface area contributed by atoms with Crippen LogP contribution in [0.5, 0.6) is 0 Å². The fourth-order valence-electron chi connectivity index (χ4n) is 1.73. The summed E-state index contributed by atoms with van der Waals surface area (Å²) >= 11 is 0. The third-order valence-electron chi connectivity index (χ3n) is 2.77. The third-order valence-corrected chi connectivity index (χ3v) is 5.45. The zero-order valence-electron chi connectivity index (χ0n) is 10.9. The first-order valence-corrected chi connectivity index (χ1v) is 7.30. The Hall–Kier alpha value is -1.28. The minimum absolute atomic E-state index is 0.0589. The lowest BCUT2D eigenvalue weighted by atomic mass is 10.1. The van der Waals surface area contributed by atoms with Crippen LogP contribution in [-0.4, -0.2) is 35.1 Å². The van der Waals surface area contributed by atoms with Crippen molar-refractivity contribution in [1.82, 2.24) is 0 Å². The van der Waals surface area contributed by atoms with Gasteiger partial charge in [0.15, 0.2) is 0 Å². The molecule has 0 atom stereocenters. The van der Waals surface area contributed by atoms with Gasteiger partial charge in [0.2, 0.25) is 0 Å². The van der Waals surface area contributed by atoms with E-state index in [1.807, 2.05) is 6.92 Å². The quantitative estimate of drug-likeness (QED) is 0.448. The van der Waals surface area contributed by atoms with Gasteiger partial charge < -0.3 is 13.3 Å². The number of benzene rings is 1. The topological polar surface area (TPSA) is 70.8 Å². The number of rotatable bonds is 6. The number of hydrogen-bond acceptors (Lipinski definition) is 5. The van der Waals surface area contributed by atoms with Gasteiger partial charge in [-0.3, -0.25) is 10.1 Å². The molecule has 0 aliphatic rings. The molecule has 0 unspecified atom stereocenters. The van der Waals surface area contributed by atoms with Crippen molar-refractivity contribution in [2.45, 2.75) is 13.0 Å². The maximum Gasteiger partial charge on any atom is 0.505 e. The Labute approximate surface area is 107 Å². The van der Waals surface area contributed by atoms with Crippen molar-refractivity contribution in [1.29, 1.82) is 0 Å². The van der Waals surface area contributed by atoms with Crippen molar-refractivity contribution < 1.29 is 18.2 Å². The van der Waals surface area contributed by atoms with Gasteiger partial charge in [0.25, 0.3) is 5.69 Å². The van der Waals surface area contributed by atoms with Crippen molar-refractivity contribution in [2.24, 2.45) is 0 Å². The number of nitro benzene ring substituents is 1. The van der Waals surface area contributed by atoms with Gasteiger partial charge in [-0.15, -0.1) is 0 Å². The van der Waals surface area contributed by atoms with Gasteiger partial charge in [-0.05, 0) is 13.0 Å². The Morgan fingerprint density at radius 2 is 1.78 bits per heavy atom. The van der Waals surface area contributed by atoms with Crippen LogP contribution in [0.25, 0.3) is 0 Å². The molecule has 0 fully saturated rings. The second kappa shape index (κ2) is 6.05. The van der Waals surface area contributed by atoms with Crippen LogP contribution in [0.4, 0.5) is 5.69 Å². The molecule has 7 heteroatoms. The maximum absolute atomic E-state index is 11.0. The van der Waals surface area contributed by atoms with Crippen LogP contribution >= 0.6 is 0 Å². The van der Waals surface area contributed by atoms with E-state index < -0.39 is 13.7 Å². The summed E-state index contributed by atoms with van der Waals surface area (Å²) in [5.74, 6) is 0. The predicted octanol–water partition coefficient (Wildman–Crippen LogP) is 1.86. The van der Waals surface area contributed by atoms with Gasteiger partial charge in [-0.2, -0.15) is 0 Å². The predicted molar refractivity (Wildman–Crippen MR) is 68.3 cm³/mol. The standard InChI is InChI=1S/C11H17NO5Si/c1-9-5-6-11(12(13)14)10(7-9)8-18(15-2,16-3)17-4/h5-7H,8H2,1-4H3. The van der Waals surface area contributed by atoms with Crippen LogP contribution in [0.2, 0.25) is 0 Å². The summed E-state index contributed by atoms with van der Waals surface area (Å²) in [4.78, 5) is 10.6. The average Bonchev–Trinajstić information content (AvgIpc) is 2.36. The van der Waals surface area contributed by atoms with Gasteiger partial charge in [0.1, 0.15) is 0 Å². The molecule has 0 aliphatic carbocycles. The lowest BCUT2D eigenvalue weighted by Crippen LogP contribution is -2.45. The summed E-state index contributed by atoms with van der Waals surface area (Å²) in [6.45, 7) is 1.88. The van der Waals surface area contributed by atoms with Crippen molar-refractivity contribution in [3.8, 4) is 0 Å². The minimum Gasteiger partial charge on any atom is -0.377 e. The minimum atomic E-state index is -2.86. The number of nitrogens with zero attached hydrogens (tertiary/aromatic N) is 1. The summed E-state index contributed by atoms with van der Waals surface area (Å²) in [6, 6.07) is 5.23. The molecule has 0 spiro atoms. The second-order valence-corrected chi connectivity index (χ2v) is 6.81. The highest BCUT2D eigenvalue weighted by Gasteiger charge is 2.40. The fraction of sp³-hybridized carbons (Fsp3) is 0.455. The van der Waals surface area contributed by atoms with E-state index >= 15 is 0 Å². The van der Waals surface area contributed by atoms with Crippen LogP contribution in [0.15, 0.2) is 18.2 Å². The Kier molecular flexibility index (Phi) is 4.97. The summed E-state index contributed by atoms with van der Waals surface area (Å²) < 4.78 is 15.9. The molecule has 1 aromatic carbocycles. The van der Waals surface area contributed by atoms with Gasteiger partial charge >= 0.3 is 8.80 Å². The summed E-state index contributed by atoms with van der Waals surface area (Å²) in [5, 5.41) is 11.0. The monoisotopic (exact) mass is 271 g/mol. The molecule has 0 amide bonds. The normalized spacial score (nSPS) is 11.6. The van der Waals surface area contributed by atoms with Crippen molar-refractivity contribution >= 4 is 14.5 Å². The summed E-state index contributed by atoms with van der Waals surface area (Å²) in [7, 11) is 1.60. The van der Waals surface area contributed by atoms with Gasteiger partial charge in [0.05, 0.1) is 4.92 Å². The average molecular weight is 271 g/mol. The van der Waals surface area contributed by atoms with Crippen molar-refractivity contribution in [3.63, 3.8) is 0 Å². The highest BCUT2D eigenvalue weighted by molar-refractivity contribution is 6.60. The van der Waals surface area contributed by atoms with E-state index in [9.17, 15) is 10.1 Å². The molecule has 1 rings (SSSR count). The zero-order chi connectivity index (χ0) is 13.8. The molecular formula is C11H17NO5Si. The molecule has 0 aromatic heterocycles. The summed E-state index contributed by atoms with van der Waals surface area (Å²) in [6.07, 6.45) is 0. The molecule has 0 saturated heterocycles. The lowest BCUT2D eigenvalue weighted by Gasteiger charge is -2.24. The van der Waals surface area contributed by atoms with E-state index in [0.717, 1.165) is 5.56 Å². The number of hydrogen-bond donors (Lipinski definition) is 0. The molecule has 0 aliphatic heterocycles. The van der Waals surface area contributed by atoms with Gasteiger partial charge in [-0.25, -0.2) is 0 Å². The maximum atomic E-state index is 11.0. The highest BCUT2D eigenvalue weighted by Crippen LogP contribution is 2.24. The van der Waals surface area contributed by atoms with Crippen molar-refractivity contribution in [2.75, 3.05) is 21.3 Å². The van der Waals surface area contributed by atoms with E-state index in [1.54, 1.807) is 12.1 Å². The molecule has 6 nitrogen and oxygen atoms in total. The Balaban J connectivity index is 3.16. The Morgan fingerprint density at radius 1 is 1.22 bits per heavy atom. The van der Waals surface area contributed by atoms with Crippen LogP contribution < -0.4 is 0 Å². The number of aryl methyl sites for hydroxylation is 1. The molecule has 0 saturated carbocycles.